The van der Waals surface area contributed by atoms with E-state index in [0.717, 1.165) is 105 Å². The van der Waals surface area contributed by atoms with Crippen LogP contribution in [-0.2, 0) is 0 Å². The number of nitriles is 1. The van der Waals surface area contributed by atoms with Crippen LogP contribution in [0.15, 0.2) is 243 Å². The highest BCUT2D eigenvalue weighted by atomic mass is 15.0. The second-order valence-corrected chi connectivity index (χ2v) is 24.7. The van der Waals surface area contributed by atoms with Crippen molar-refractivity contribution in [3.63, 3.8) is 0 Å². The highest BCUT2D eigenvalue weighted by Crippen LogP contribution is 2.44. The quantitative estimate of drug-likeness (QED) is 0.137. The highest BCUT2D eigenvalue weighted by Gasteiger charge is 2.24. The minimum absolute atomic E-state index is 0.519. The third-order valence-corrected chi connectivity index (χ3v) is 17.6. The molecule has 0 N–H and O–H groups in total. The Kier molecular flexibility index (Phi) is 13.6. The van der Waals surface area contributed by atoms with Gasteiger partial charge in [0.05, 0.1) is 39.4 Å². The Bertz CT molecular complexity index is 5110. The van der Waals surface area contributed by atoms with E-state index in [-0.39, 0.29) is 0 Å². The van der Waals surface area contributed by atoms with Gasteiger partial charge >= 0.3 is 0 Å². The molecule has 90 heavy (non-hydrogen) atoms. The number of fused-ring (bicyclic) bond motifs is 6. The van der Waals surface area contributed by atoms with E-state index in [1.54, 1.807) is 0 Å². The lowest BCUT2D eigenvalue weighted by Crippen LogP contribution is -2.03. The van der Waals surface area contributed by atoms with Crippen LogP contribution in [0.3, 0.4) is 0 Å². The van der Waals surface area contributed by atoms with E-state index in [2.05, 4.69) is 247 Å². The first-order chi connectivity index (χ1) is 43.7. The lowest BCUT2D eigenvalue weighted by atomic mass is 9.95. The molecular weight excluding hydrogens is 1090 g/mol. The number of nitrogens with zero attached hydrogens (tertiary/aromatic N) is 6. The van der Waals surface area contributed by atoms with Crippen LogP contribution >= 0.6 is 0 Å². The molecule has 3 aromatic heterocycles. The topological polar surface area (TPSA) is 72.3 Å². The van der Waals surface area contributed by atoms with Crippen molar-refractivity contribution >= 4 is 43.6 Å². The molecule has 3 heterocycles. The molecule has 6 nitrogen and oxygen atoms in total. The van der Waals surface area contributed by atoms with Gasteiger partial charge in [-0.05, 0) is 185 Å². The first-order valence-corrected chi connectivity index (χ1v) is 30.8. The van der Waals surface area contributed by atoms with Crippen LogP contribution in [0.1, 0.15) is 50.1 Å². The Morgan fingerprint density at radius 1 is 0.267 bits per heavy atom. The van der Waals surface area contributed by atoms with Crippen molar-refractivity contribution in [3.8, 4) is 107 Å². The van der Waals surface area contributed by atoms with Crippen LogP contribution in [0, 0.1) is 66.7 Å². The number of hydrogen-bond acceptors (Lipinski definition) is 4. The van der Waals surface area contributed by atoms with Gasteiger partial charge in [0.2, 0.25) is 0 Å². The van der Waals surface area contributed by atoms with E-state index < -0.39 is 0 Å². The zero-order valence-electron chi connectivity index (χ0n) is 51.8. The predicted molar refractivity (Wildman–Crippen MR) is 375 cm³/mol. The van der Waals surface area contributed by atoms with Gasteiger partial charge in [0, 0.05) is 55.0 Å². The number of hydrogen-bond donors (Lipinski definition) is 0. The minimum atomic E-state index is 0.519. The molecule has 15 rings (SSSR count). The monoisotopic (exact) mass is 1160 g/mol. The molecule has 0 saturated carbocycles. The maximum atomic E-state index is 11.5. The van der Waals surface area contributed by atoms with Gasteiger partial charge in [-0.15, -0.1) is 0 Å². The smallest absolute Gasteiger partial charge is 0.164 e. The lowest BCUT2D eigenvalue weighted by Gasteiger charge is -2.18. The highest BCUT2D eigenvalue weighted by molar-refractivity contribution is 6.14. The normalized spacial score (nSPS) is 11.5. The van der Waals surface area contributed by atoms with E-state index in [1.165, 1.54) is 66.8 Å². The van der Waals surface area contributed by atoms with E-state index in [1.807, 2.05) is 66.7 Å². The van der Waals surface area contributed by atoms with E-state index in [9.17, 15) is 5.26 Å². The summed E-state index contributed by atoms with van der Waals surface area (Å²) in [6.45, 7) is 17.4. The van der Waals surface area contributed by atoms with Crippen molar-refractivity contribution in [1.82, 2.24) is 24.1 Å². The van der Waals surface area contributed by atoms with Crippen molar-refractivity contribution in [2.24, 2.45) is 0 Å². The van der Waals surface area contributed by atoms with Gasteiger partial charge in [0.25, 0.3) is 0 Å². The summed E-state index contributed by atoms with van der Waals surface area (Å²) in [5, 5.41) is 16.1. The molecule has 0 aliphatic rings. The number of benzene rings is 12. The molecule has 0 unspecified atom stereocenters. The molecule has 0 spiro atoms. The fourth-order valence-corrected chi connectivity index (χ4v) is 13.9. The van der Waals surface area contributed by atoms with Gasteiger partial charge in [0.15, 0.2) is 17.5 Å². The largest absolute Gasteiger partial charge is 0.309 e. The minimum Gasteiger partial charge on any atom is -0.309 e. The van der Waals surface area contributed by atoms with Crippen LogP contribution in [0.5, 0.6) is 0 Å². The molecular formula is C84H64N6. The van der Waals surface area contributed by atoms with Gasteiger partial charge in [-0.25, -0.2) is 15.0 Å². The summed E-state index contributed by atoms with van der Waals surface area (Å²) in [5.41, 5.74) is 29.9. The zero-order valence-corrected chi connectivity index (χ0v) is 51.8. The molecule has 12 aromatic carbocycles. The molecule has 0 radical (unpaired) electrons. The van der Waals surface area contributed by atoms with Crippen molar-refractivity contribution in [2.75, 3.05) is 0 Å². The molecule has 6 heteroatoms. The molecule has 0 bridgehead atoms. The first-order valence-electron chi connectivity index (χ1n) is 30.8. The molecule has 0 aliphatic carbocycles. The maximum Gasteiger partial charge on any atom is 0.164 e. The van der Waals surface area contributed by atoms with Gasteiger partial charge in [-0.2, -0.15) is 5.26 Å². The van der Waals surface area contributed by atoms with Gasteiger partial charge in [-0.3, -0.25) is 0 Å². The Morgan fingerprint density at radius 2 is 0.600 bits per heavy atom. The SMILES string of the molecule is Cc1cc(C)cc(-c2ccc3c(c2)c2cc(-c4cc(C)cc(C)c4)ccc2n3-c2ccc(C#N)c(-c3cc(-c4nc(-c5ccccc5)nc(-c5ccccc5)n4)ccc3-n3c4ccc(-c5cc(C)cc(C)c5)cc4c4cc(-c5cc(C)cc(C)c5)ccc43)c2)c1. The van der Waals surface area contributed by atoms with E-state index in [0.29, 0.717) is 23.0 Å². The summed E-state index contributed by atoms with van der Waals surface area (Å²) in [6, 6.07) is 90.5. The van der Waals surface area contributed by atoms with Crippen LogP contribution in [-0.4, -0.2) is 24.1 Å². The Balaban J connectivity index is 1.01. The Labute approximate surface area is 525 Å². The van der Waals surface area contributed by atoms with E-state index in [4.69, 9.17) is 15.0 Å². The fraction of sp³-hybridized carbons (Fsp3) is 0.0952. The van der Waals surface area contributed by atoms with Gasteiger partial charge in [-0.1, -0.05) is 202 Å². The predicted octanol–water partition coefficient (Wildman–Crippen LogP) is 21.7. The number of aryl methyl sites for hydroxylation is 8. The van der Waals surface area contributed by atoms with Crippen LogP contribution in [0.25, 0.3) is 145 Å². The van der Waals surface area contributed by atoms with E-state index >= 15 is 0 Å². The third-order valence-electron chi connectivity index (χ3n) is 17.6. The molecule has 430 valence electrons. The molecule has 15 aromatic rings. The molecule has 0 fully saturated rings. The van der Waals surface area contributed by atoms with Crippen LogP contribution in [0.2, 0.25) is 0 Å². The van der Waals surface area contributed by atoms with Crippen molar-refractivity contribution in [3.05, 3.63) is 293 Å². The molecule has 0 amide bonds. The second-order valence-electron chi connectivity index (χ2n) is 24.7. The van der Waals surface area contributed by atoms with Crippen LogP contribution in [0.4, 0.5) is 0 Å². The average Bonchev–Trinajstić information content (AvgIpc) is 1.56. The third kappa shape index (κ3) is 10.1. The fourth-order valence-electron chi connectivity index (χ4n) is 13.9. The molecule has 0 saturated heterocycles. The van der Waals surface area contributed by atoms with Crippen molar-refractivity contribution < 1.29 is 0 Å². The zero-order chi connectivity index (χ0) is 61.5. The molecule has 0 aliphatic heterocycles. The average molecular weight is 1160 g/mol. The maximum absolute atomic E-state index is 11.5. The number of rotatable bonds is 10. The summed E-state index contributed by atoms with van der Waals surface area (Å²) < 4.78 is 4.78. The second kappa shape index (κ2) is 22.2. The number of aromatic nitrogens is 5. The lowest BCUT2D eigenvalue weighted by molar-refractivity contribution is 1.07. The van der Waals surface area contributed by atoms with Crippen molar-refractivity contribution in [1.29, 1.82) is 5.26 Å². The Hall–Kier alpha value is -11.3. The summed E-state index contributed by atoms with van der Waals surface area (Å²) in [7, 11) is 0. The Morgan fingerprint density at radius 3 is 0.956 bits per heavy atom. The van der Waals surface area contributed by atoms with Crippen LogP contribution < -0.4 is 0 Å². The van der Waals surface area contributed by atoms with Gasteiger partial charge < -0.3 is 9.13 Å². The summed E-state index contributed by atoms with van der Waals surface area (Å²) in [6.07, 6.45) is 0. The first kappa shape index (κ1) is 55.3. The standard InChI is InChI=1S/C84H64N6/c1-50-31-51(2)36-66(35-50)60-20-26-77-73(43-60)74-44-61(67-37-52(3)32-53(4)38-67)21-27-78(74)89(77)70-25-19-65(49-85)71(48-70)72-47-64(84-87-82(58-15-11-9-12-16-58)86-83(88-84)59-17-13-10-14-18-59)24-30-79(72)90-80-28-22-62(68-39-54(5)33-55(6)40-68)45-75(80)76-46-63(23-29-81(76)90)69-41-56(7)34-57(8)42-69/h9-48H,1-8H3. The van der Waals surface area contributed by atoms with Crippen molar-refractivity contribution in [2.45, 2.75) is 55.4 Å². The molecule has 0 atom stereocenters. The summed E-state index contributed by atoms with van der Waals surface area (Å²) in [5.74, 6) is 1.66. The summed E-state index contributed by atoms with van der Waals surface area (Å²) >= 11 is 0. The van der Waals surface area contributed by atoms with Gasteiger partial charge in [0.1, 0.15) is 0 Å². The summed E-state index contributed by atoms with van der Waals surface area (Å²) in [4.78, 5) is 15.6.